The second kappa shape index (κ2) is 4.93. The van der Waals surface area contributed by atoms with Crippen LogP contribution in [0.5, 0.6) is 5.75 Å². The fourth-order valence-corrected chi connectivity index (χ4v) is 2.78. The van der Waals surface area contributed by atoms with Gasteiger partial charge in [0.1, 0.15) is 5.75 Å². The molecule has 0 fully saturated rings. The minimum atomic E-state index is -4.36. The van der Waals surface area contributed by atoms with Crippen molar-refractivity contribution in [2.75, 3.05) is 5.32 Å². The summed E-state index contributed by atoms with van der Waals surface area (Å²) in [4.78, 5) is -0.186. The van der Waals surface area contributed by atoms with Crippen molar-refractivity contribution in [3.05, 3.63) is 17.7 Å². The van der Waals surface area contributed by atoms with Gasteiger partial charge in [0.15, 0.2) is 0 Å². The maximum absolute atomic E-state index is 11.6. The first kappa shape index (κ1) is 16.8. The third-order valence-electron chi connectivity index (χ3n) is 2.69. The summed E-state index contributed by atoms with van der Waals surface area (Å²) < 4.78 is 32.6. The Morgan fingerprint density at radius 3 is 1.90 bits per heavy atom. The van der Waals surface area contributed by atoms with E-state index in [0.717, 1.165) is 0 Å². The molecular weight excluding hydrogens is 278 g/mol. The zero-order valence-electron chi connectivity index (χ0n) is 12.8. The Morgan fingerprint density at radius 2 is 1.55 bits per heavy atom. The van der Waals surface area contributed by atoms with Crippen molar-refractivity contribution in [1.82, 2.24) is 0 Å². The van der Waals surface area contributed by atoms with Gasteiger partial charge in [0.25, 0.3) is 10.1 Å². The molecule has 0 aliphatic heterocycles. The van der Waals surface area contributed by atoms with Crippen LogP contribution in [0.3, 0.4) is 0 Å². The summed E-state index contributed by atoms with van der Waals surface area (Å²) in [6, 6.07) is 2.66. The van der Waals surface area contributed by atoms with Gasteiger partial charge in [-0.3, -0.25) is 4.55 Å². The summed E-state index contributed by atoms with van der Waals surface area (Å²) >= 11 is 0. The van der Waals surface area contributed by atoms with Crippen LogP contribution < -0.4 is 5.32 Å². The molecule has 114 valence electrons. The third-order valence-corrected chi connectivity index (χ3v) is 3.59. The van der Waals surface area contributed by atoms with Crippen LogP contribution in [0.2, 0.25) is 0 Å². The number of aromatic hydroxyl groups is 1. The van der Waals surface area contributed by atoms with Gasteiger partial charge in [-0.2, -0.15) is 8.42 Å². The average molecular weight is 301 g/mol. The summed E-state index contributed by atoms with van der Waals surface area (Å²) in [6.07, 6.45) is 0. The maximum atomic E-state index is 11.6. The fraction of sp³-hybridized carbons (Fsp3) is 0.571. The van der Waals surface area contributed by atoms with E-state index in [4.69, 9.17) is 0 Å². The van der Waals surface area contributed by atoms with E-state index < -0.39 is 15.5 Å². The van der Waals surface area contributed by atoms with E-state index in [1.807, 2.05) is 41.5 Å². The molecule has 1 aromatic carbocycles. The van der Waals surface area contributed by atoms with Gasteiger partial charge in [-0.25, -0.2) is 0 Å². The Labute approximate surface area is 120 Å². The van der Waals surface area contributed by atoms with Crippen molar-refractivity contribution in [3.63, 3.8) is 0 Å². The molecule has 0 aliphatic rings. The van der Waals surface area contributed by atoms with E-state index >= 15 is 0 Å². The lowest BCUT2D eigenvalue weighted by atomic mass is 9.86. The standard InChI is InChI=1S/C14H23NO4S/c1-13(2,3)9-7-11(16)10(15-14(4,5)6)8-12(9)20(17,18)19/h7-8,15-16H,1-6H3,(H,17,18,19). The molecule has 0 radical (unpaired) electrons. The lowest BCUT2D eigenvalue weighted by molar-refractivity contribution is 0.462. The van der Waals surface area contributed by atoms with Crippen LogP contribution in [0.15, 0.2) is 17.0 Å². The summed E-state index contributed by atoms with van der Waals surface area (Å²) in [6.45, 7) is 11.1. The fourth-order valence-electron chi connectivity index (χ4n) is 1.87. The highest BCUT2D eigenvalue weighted by atomic mass is 32.2. The maximum Gasteiger partial charge on any atom is 0.294 e. The molecule has 3 N–H and O–H groups in total. The molecule has 0 amide bonds. The Balaban J connectivity index is 3.57. The molecule has 1 aromatic rings. The normalized spacial score (nSPS) is 13.3. The number of nitrogens with one attached hydrogen (secondary N) is 1. The van der Waals surface area contributed by atoms with Crippen molar-refractivity contribution in [3.8, 4) is 5.75 Å². The van der Waals surface area contributed by atoms with Crippen molar-refractivity contribution in [2.45, 2.75) is 57.4 Å². The molecule has 0 aromatic heterocycles. The number of anilines is 1. The molecule has 1 rings (SSSR count). The number of hydrogen-bond donors (Lipinski definition) is 3. The molecule has 0 bridgehead atoms. The zero-order chi connectivity index (χ0) is 15.9. The topological polar surface area (TPSA) is 86.6 Å². The molecule has 0 heterocycles. The first-order chi connectivity index (χ1) is 8.72. The smallest absolute Gasteiger partial charge is 0.294 e. The summed E-state index contributed by atoms with van der Waals surface area (Å²) in [5.74, 6) is -0.0442. The van der Waals surface area contributed by atoms with Gasteiger partial charge in [-0.15, -0.1) is 0 Å². The third kappa shape index (κ3) is 4.11. The largest absolute Gasteiger partial charge is 0.506 e. The van der Waals surface area contributed by atoms with Crippen molar-refractivity contribution >= 4 is 15.8 Å². The number of benzene rings is 1. The van der Waals surface area contributed by atoms with Crippen molar-refractivity contribution < 1.29 is 18.1 Å². The Kier molecular flexibility index (Phi) is 4.14. The van der Waals surface area contributed by atoms with Gasteiger partial charge < -0.3 is 10.4 Å². The minimum Gasteiger partial charge on any atom is -0.506 e. The molecular formula is C14H23NO4S. The van der Waals surface area contributed by atoms with Gasteiger partial charge in [-0.1, -0.05) is 20.8 Å². The van der Waals surface area contributed by atoms with Crippen LogP contribution in [-0.4, -0.2) is 23.6 Å². The molecule has 0 unspecified atom stereocenters. The predicted octanol–water partition coefficient (Wildman–Crippen LogP) is 3.15. The SMILES string of the molecule is CC(C)(C)Nc1cc(S(=O)(=O)O)c(C(C)(C)C)cc1O. The molecule has 0 saturated carbocycles. The first-order valence-electron chi connectivity index (χ1n) is 6.35. The van der Waals surface area contributed by atoms with E-state index in [9.17, 15) is 18.1 Å². The highest BCUT2D eigenvalue weighted by Crippen LogP contribution is 2.37. The Morgan fingerprint density at radius 1 is 1.05 bits per heavy atom. The summed E-state index contributed by atoms with van der Waals surface area (Å²) in [5, 5.41) is 13.1. The van der Waals surface area contributed by atoms with Crippen LogP contribution >= 0.6 is 0 Å². The molecule has 0 aliphatic carbocycles. The van der Waals surface area contributed by atoms with Crippen LogP contribution in [0.25, 0.3) is 0 Å². The molecule has 0 atom stereocenters. The monoisotopic (exact) mass is 301 g/mol. The number of phenols is 1. The lowest BCUT2D eigenvalue weighted by Crippen LogP contribution is -2.26. The molecule has 5 nitrogen and oxygen atoms in total. The van der Waals surface area contributed by atoms with Crippen molar-refractivity contribution in [1.29, 1.82) is 0 Å². The van der Waals surface area contributed by atoms with E-state index in [2.05, 4.69) is 5.32 Å². The number of hydrogen-bond acceptors (Lipinski definition) is 4. The van der Waals surface area contributed by atoms with E-state index in [-0.39, 0.29) is 21.9 Å². The lowest BCUT2D eigenvalue weighted by Gasteiger charge is -2.26. The minimum absolute atomic E-state index is 0.0442. The second-order valence-electron chi connectivity index (χ2n) is 6.97. The highest BCUT2D eigenvalue weighted by Gasteiger charge is 2.27. The summed E-state index contributed by atoms with van der Waals surface area (Å²) in [7, 11) is -4.36. The number of phenolic OH excluding ortho intramolecular Hbond substituents is 1. The predicted molar refractivity (Wildman–Crippen MR) is 80.0 cm³/mol. The quantitative estimate of drug-likeness (QED) is 0.577. The Hall–Kier alpha value is -1.27. The molecule has 0 saturated heterocycles. The van der Waals surface area contributed by atoms with Gasteiger partial charge in [0.05, 0.1) is 10.6 Å². The Bertz CT molecular complexity index is 607. The van der Waals surface area contributed by atoms with Gasteiger partial charge in [0.2, 0.25) is 0 Å². The number of rotatable bonds is 2. The van der Waals surface area contributed by atoms with Crippen molar-refractivity contribution in [2.24, 2.45) is 0 Å². The van der Waals surface area contributed by atoms with Gasteiger partial charge >= 0.3 is 0 Å². The van der Waals surface area contributed by atoms with Crippen LogP contribution in [0.1, 0.15) is 47.1 Å². The van der Waals surface area contributed by atoms with Gasteiger partial charge in [0, 0.05) is 5.54 Å². The summed E-state index contributed by atoms with van der Waals surface area (Å²) in [5.41, 5.74) is -0.227. The van der Waals surface area contributed by atoms with Crippen LogP contribution in [0, 0.1) is 0 Å². The van der Waals surface area contributed by atoms with Crippen LogP contribution in [-0.2, 0) is 15.5 Å². The van der Waals surface area contributed by atoms with Crippen LogP contribution in [0.4, 0.5) is 5.69 Å². The van der Waals surface area contributed by atoms with E-state index in [1.54, 1.807) is 0 Å². The van der Waals surface area contributed by atoms with E-state index in [1.165, 1.54) is 12.1 Å². The average Bonchev–Trinajstić information content (AvgIpc) is 2.15. The van der Waals surface area contributed by atoms with E-state index in [0.29, 0.717) is 5.56 Å². The highest BCUT2D eigenvalue weighted by molar-refractivity contribution is 7.85. The zero-order valence-corrected chi connectivity index (χ0v) is 13.6. The first-order valence-corrected chi connectivity index (χ1v) is 7.79. The van der Waals surface area contributed by atoms with Gasteiger partial charge in [-0.05, 0) is 43.9 Å². The molecule has 20 heavy (non-hydrogen) atoms. The molecule has 0 spiro atoms. The second-order valence-corrected chi connectivity index (χ2v) is 8.36. The molecule has 6 heteroatoms.